The van der Waals surface area contributed by atoms with E-state index in [0.717, 1.165) is 0 Å². The quantitative estimate of drug-likeness (QED) is 0.288. The molecule has 1 unspecified atom stereocenters. The third kappa shape index (κ3) is 7.08. The Morgan fingerprint density at radius 2 is 1.53 bits per heavy atom. The molecule has 0 aliphatic rings. The Morgan fingerprint density at radius 3 is 2.15 bits per heavy atom. The van der Waals surface area contributed by atoms with E-state index in [0.29, 0.717) is 49.4 Å². The Balaban J connectivity index is 2.34. The molecule has 0 spiro atoms. The van der Waals surface area contributed by atoms with Gasteiger partial charge < -0.3 is 24.3 Å². The largest absolute Gasteiger partial charge is 0.494 e. The standard InChI is InChI=1S/C24H30ClN3O6/c1-6-31-16-10-12-19(32-7-2)18(14-16)27-28-22(15(5)29)24(30)26-17-11-13-20(33-8-3)21(25)23(17)34-9-4/h10-14,22H,6-9H2,1-5H3,(H,26,30). The lowest BCUT2D eigenvalue weighted by Crippen LogP contribution is -2.32. The average molecular weight is 492 g/mol. The highest BCUT2D eigenvalue weighted by atomic mass is 35.5. The van der Waals surface area contributed by atoms with Gasteiger partial charge in [-0.15, -0.1) is 0 Å². The van der Waals surface area contributed by atoms with Gasteiger partial charge in [-0.05, 0) is 58.9 Å². The molecule has 2 aromatic carbocycles. The first-order chi connectivity index (χ1) is 16.4. The fourth-order valence-electron chi connectivity index (χ4n) is 2.94. The molecule has 0 aromatic heterocycles. The van der Waals surface area contributed by atoms with Crippen LogP contribution >= 0.6 is 11.6 Å². The highest BCUT2D eigenvalue weighted by Crippen LogP contribution is 2.40. The summed E-state index contributed by atoms with van der Waals surface area (Å²) in [6.07, 6.45) is 0. The van der Waals surface area contributed by atoms with E-state index in [9.17, 15) is 9.59 Å². The summed E-state index contributed by atoms with van der Waals surface area (Å²) in [5.74, 6) is 0.506. The van der Waals surface area contributed by atoms with Crippen molar-refractivity contribution in [2.75, 3.05) is 31.7 Å². The van der Waals surface area contributed by atoms with Gasteiger partial charge >= 0.3 is 0 Å². The molecule has 1 amide bonds. The van der Waals surface area contributed by atoms with Crippen molar-refractivity contribution in [3.05, 3.63) is 35.4 Å². The minimum atomic E-state index is -1.40. The van der Waals surface area contributed by atoms with Gasteiger partial charge in [-0.1, -0.05) is 11.6 Å². The molecular weight excluding hydrogens is 462 g/mol. The molecule has 0 radical (unpaired) electrons. The molecule has 0 saturated carbocycles. The number of halogens is 1. The Labute approximate surface area is 204 Å². The number of nitrogens with one attached hydrogen (secondary N) is 1. The van der Waals surface area contributed by atoms with Gasteiger partial charge in [0, 0.05) is 6.07 Å². The number of azo groups is 1. The topological polar surface area (TPSA) is 108 Å². The number of rotatable bonds is 13. The van der Waals surface area contributed by atoms with E-state index in [1.165, 1.54) is 6.92 Å². The summed E-state index contributed by atoms with van der Waals surface area (Å²) < 4.78 is 22.2. The molecule has 0 aliphatic carbocycles. The Bertz CT molecular complexity index is 1030. The minimum absolute atomic E-state index is 0.219. The molecule has 0 aliphatic heterocycles. The molecule has 184 valence electrons. The van der Waals surface area contributed by atoms with Gasteiger partial charge in [-0.2, -0.15) is 10.2 Å². The van der Waals surface area contributed by atoms with E-state index in [4.69, 9.17) is 30.5 Å². The highest BCUT2D eigenvalue weighted by Gasteiger charge is 2.25. The SMILES string of the molecule is CCOc1ccc(OCC)c(N=NC(C(C)=O)C(=O)Nc2ccc(OCC)c(Cl)c2OCC)c1. The molecule has 2 rings (SSSR count). The maximum absolute atomic E-state index is 13.0. The molecule has 2 aromatic rings. The zero-order valence-corrected chi connectivity index (χ0v) is 20.8. The van der Waals surface area contributed by atoms with Crippen molar-refractivity contribution in [3.8, 4) is 23.0 Å². The molecule has 0 saturated heterocycles. The van der Waals surface area contributed by atoms with E-state index < -0.39 is 17.7 Å². The van der Waals surface area contributed by atoms with Crippen molar-refractivity contribution < 1.29 is 28.5 Å². The molecule has 1 N–H and O–H groups in total. The average Bonchev–Trinajstić information content (AvgIpc) is 2.80. The summed E-state index contributed by atoms with van der Waals surface area (Å²) in [4.78, 5) is 25.2. The van der Waals surface area contributed by atoms with Gasteiger partial charge in [-0.3, -0.25) is 9.59 Å². The second-order valence-corrected chi connectivity index (χ2v) is 7.21. The van der Waals surface area contributed by atoms with Crippen LogP contribution in [0.2, 0.25) is 5.02 Å². The third-order valence-electron chi connectivity index (χ3n) is 4.36. The van der Waals surface area contributed by atoms with Crippen LogP contribution in [0.5, 0.6) is 23.0 Å². The van der Waals surface area contributed by atoms with Crippen molar-refractivity contribution in [2.24, 2.45) is 10.2 Å². The lowest BCUT2D eigenvalue weighted by Gasteiger charge is -2.17. The second kappa shape index (κ2) is 13.4. The monoisotopic (exact) mass is 491 g/mol. The highest BCUT2D eigenvalue weighted by molar-refractivity contribution is 6.34. The number of Topliss-reactive ketones (excluding diaryl/α,β-unsaturated/α-hetero) is 1. The van der Waals surface area contributed by atoms with Crippen LogP contribution in [0.3, 0.4) is 0 Å². The Kier molecular flexibility index (Phi) is 10.6. The van der Waals surface area contributed by atoms with Gasteiger partial charge in [0.2, 0.25) is 6.04 Å². The summed E-state index contributed by atoms with van der Waals surface area (Å²) in [7, 11) is 0. The summed E-state index contributed by atoms with van der Waals surface area (Å²) >= 11 is 6.39. The van der Waals surface area contributed by atoms with Crippen LogP contribution in [0.15, 0.2) is 40.6 Å². The maximum Gasteiger partial charge on any atom is 0.258 e. The van der Waals surface area contributed by atoms with E-state index in [-0.39, 0.29) is 16.5 Å². The normalized spacial score (nSPS) is 11.7. The number of hydrogen-bond donors (Lipinski definition) is 1. The summed E-state index contributed by atoms with van der Waals surface area (Å²) in [5.41, 5.74) is 0.626. The number of ether oxygens (including phenoxy) is 4. The fourth-order valence-corrected chi connectivity index (χ4v) is 3.21. The second-order valence-electron chi connectivity index (χ2n) is 6.83. The number of ketones is 1. The molecule has 0 fully saturated rings. The third-order valence-corrected chi connectivity index (χ3v) is 4.72. The number of nitrogens with zero attached hydrogens (tertiary/aromatic N) is 2. The first-order valence-corrected chi connectivity index (χ1v) is 11.4. The smallest absolute Gasteiger partial charge is 0.258 e. The van der Waals surface area contributed by atoms with Crippen LogP contribution in [-0.4, -0.2) is 44.2 Å². The van der Waals surface area contributed by atoms with Crippen LogP contribution in [0.4, 0.5) is 11.4 Å². The van der Waals surface area contributed by atoms with Crippen LogP contribution in [0.1, 0.15) is 34.6 Å². The van der Waals surface area contributed by atoms with Gasteiger partial charge in [0.1, 0.15) is 28.0 Å². The van der Waals surface area contributed by atoms with E-state index >= 15 is 0 Å². The van der Waals surface area contributed by atoms with Crippen molar-refractivity contribution in [1.82, 2.24) is 0 Å². The van der Waals surface area contributed by atoms with Gasteiger partial charge in [0.05, 0.1) is 32.1 Å². The molecule has 34 heavy (non-hydrogen) atoms. The first kappa shape index (κ1) is 26.9. The van der Waals surface area contributed by atoms with Crippen molar-refractivity contribution in [1.29, 1.82) is 0 Å². The molecule has 9 nitrogen and oxygen atoms in total. The Hall–Kier alpha value is -3.33. The molecule has 10 heteroatoms. The van der Waals surface area contributed by atoms with Gasteiger partial charge in [0.15, 0.2) is 11.5 Å². The zero-order chi connectivity index (χ0) is 25.1. The lowest BCUT2D eigenvalue weighted by atomic mass is 10.2. The van der Waals surface area contributed by atoms with Crippen molar-refractivity contribution in [2.45, 2.75) is 40.7 Å². The van der Waals surface area contributed by atoms with Crippen LogP contribution in [0, 0.1) is 0 Å². The van der Waals surface area contributed by atoms with Crippen LogP contribution in [0.25, 0.3) is 0 Å². The van der Waals surface area contributed by atoms with Gasteiger partial charge in [-0.25, -0.2) is 0 Å². The number of carbonyl (C=O) groups is 2. The predicted molar refractivity (Wildman–Crippen MR) is 130 cm³/mol. The zero-order valence-electron chi connectivity index (χ0n) is 20.0. The first-order valence-electron chi connectivity index (χ1n) is 11.1. The predicted octanol–water partition coefficient (Wildman–Crippen LogP) is 5.61. The number of carbonyl (C=O) groups excluding carboxylic acids is 2. The number of amides is 1. The molecule has 1 atom stereocenters. The molecular formula is C24H30ClN3O6. The van der Waals surface area contributed by atoms with Gasteiger partial charge in [0.25, 0.3) is 5.91 Å². The maximum atomic E-state index is 13.0. The fraction of sp³-hybridized carbons (Fsp3) is 0.417. The number of anilines is 1. The molecule has 0 bridgehead atoms. The molecule has 0 heterocycles. The number of hydrogen-bond acceptors (Lipinski definition) is 8. The van der Waals surface area contributed by atoms with Crippen molar-refractivity contribution >= 4 is 34.7 Å². The number of benzene rings is 2. The van der Waals surface area contributed by atoms with Crippen molar-refractivity contribution in [3.63, 3.8) is 0 Å². The summed E-state index contributed by atoms with van der Waals surface area (Å²) in [6, 6.07) is 6.88. The van der Waals surface area contributed by atoms with E-state index in [1.807, 2.05) is 20.8 Å². The van der Waals surface area contributed by atoms with Crippen LogP contribution < -0.4 is 24.3 Å². The minimum Gasteiger partial charge on any atom is -0.494 e. The van der Waals surface area contributed by atoms with E-state index in [1.54, 1.807) is 37.3 Å². The van der Waals surface area contributed by atoms with Crippen LogP contribution in [-0.2, 0) is 9.59 Å². The van der Waals surface area contributed by atoms with E-state index in [2.05, 4.69) is 15.5 Å². The Morgan fingerprint density at radius 1 is 0.912 bits per heavy atom. The summed E-state index contributed by atoms with van der Waals surface area (Å²) in [5, 5.41) is 11.0. The summed E-state index contributed by atoms with van der Waals surface area (Å²) in [6.45, 7) is 10.2. The lowest BCUT2D eigenvalue weighted by molar-refractivity contribution is -0.126.